The molecule has 21 heteroatoms. The number of ether oxygens (including phenoxy) is 2. The van der Waals surface area contributed by atoms with Gasteiger partial charge in [0, 0.05) is 13.1 Å². The van der Waals surface area contributed by atoms with Crippen LogP contribution in [0.5, 0.6) is 11.5 Å². The molecule has 0 aliphatic rings. The molecule has 0 aliphatic carbocycles. The highest BCUT2D eigenvalue weighted by Gasteiger charge is 2.12. The van der Waals surface area contributed by atoms with Gasteiger partial charge in [-0.15, -0.1) is 10.2 Å². The number of nitrogens with two attached hydrogens (primary N) is 2. The first-order chi connectivity index (χ1) is 24.1. The van der Waals surface area contributed by atoms with E-state index in [2.05, 4.69) is 77.4 Å². The fourth-order valence-electron chi connectivity index (χ4n) is 4.20. The number of H-pyrrole nitrogens is 1. The monoisotopic (exact) mass is 758 g/mol. The van der Waals surface area contributed by atoms with Crippen LogP contribution in [-0.2, 0) is 13.1 Å². The molecule has 0 fully saturated rings. The molecular weight excluding hydrogens is 712 g/mol. The van der Waals surface area contributed by atoms with Gasteiger partial charge in [-0.25, -0.2) is 21.0 Å². The lowest BCUT2D eigenvalue weighted by Gasteiger charge is -2.18. The molecule has 5 N–H and O–H groups in total. The van der Waals surface area contributed by atoms with Gasteiger partial charge >= 0.3 is 0 Å². The van der Waals surface area contributed by atoms with E-state index in [9.17, 15) is 0 Å². The van der Waals surface area contributed by atoms with Gasteiger partial charge in [0.1, 0.15) is 11.5 Å². The number of aromatic amines is 1. The van der Waals surface area contributed by atoms with E-state index in [0.29, 0.717) is 36.3 Å². The highest BCUT2D eigenvalue weighted by Crippen LogP contribution is 2.15. The van der Waals surface area contributed by atoms with Crippen molar-refractivity contribution in [1.82, 2.24) is 70.8 Å². The second-order valence-corrected chi connectivity index (χ2v) is 12.1. The van der Waals surface area contributed by atoms with E-state index >= 15 is 0 Å². The second kappa shape index (κ2) is 21.3. The van der Waals surface area contributed by atoms with Crippen molar-refractivity contribution in [2.45, 2.75) is 25.9 Å². The zero-order chi connectivity index (χ0) is 36.3. The minimum atomic E-state index is 0.429. The Labute approximate surface area is 299 Å². The maximum Gasteiger partial charge on any atom is 0.279 e. The number of halogens is 1. The van der Waals surface area contributed by atoms with Crippen LogP contribution in [-0.4, -0.2) is 139 Å². The Morgan fingerprint density at radius 1 is 0.680 bits per heavy atom. The summed E-state index contributed by atoms with van der Waals surface area (Å²) in [5.74, 6) is 14.4. The average molecular weight is 760 g/mol. The van der Waals surface area contributed by atoms with Gasteiger partial charge in [-0.05, 0) is 132 Å². The van der Waals surface area contributed by atoms with Crippen molar-refractivity contribution in [2.75, 3.05) is 78.6 Å². The molecule has 0 aliphatic heterocycles. The van der Waals surface area contributed by atoms with Crippen LogP contribution in [0.15, 0.2) is 53.3 Å². The first kappa shape index (κ1) is 39.6. The number of rotatable bonds is 16. The molecule has 0 spiro atoms. The molecular formula is C29H47BrN18O2. The van der Waals surface area contributed by atoms with Crippen molar-refractivity contribution in [3.63, 3.8) is 0 Å². The molecule has 0 bridgehead atoms. The van der Waals surface area contributed by atoms with Gasteiger partial charge in [-0.3, -0.25) is 10.0 Å². The zero-order valence-electron chi connectivity index (χ0n) is 29.3. The normalized spacial score (nSPS) is 10.7. The van der Waals surface area contributed by atoms with Gasteiger partial charge in [-0.2, -0.15) is 5.21 Å². The maximum atomic E-state index is 6.06. The number of aromatic nitrogens is 12. The lowest BCUT2D eigenvalue weighted by atomic mass is 10.2. The summed E-state index contributed by atoms with van der Waals surface area (Å²) in [6.07, 6.45) is 1.91. The maximum absolute atomic E-state index is 6.06. The molecule has 272 valence electrons. The Morgan fingerprint density at radius 3 is 1.64 bits per heavy atom. The average Bonchev–Trinajstić information content (AvgIpc) is 3.89. The lowest BCUT2D eigenvalue weighted by molar-refractivity contribution is 0.399. The van der Waals surface area contributed by atoms with Crippen LogP contribution in [0.1, 0.15) is 24.0 Å². The summed E-state index contributed by atoms with van der Waals surface area (Å²) in [6.45, 7) is 4.57. The number of tetrazole rings is 3. The van der Waals surface area contributed by atoms with E-state index in [1.807, 2.05) is 76.7 Å². The van der Waals surface area contributed by atoms with Crippen molar-refractivity contribution in [1.29, 1.82) is 0 Å². The molecule has 20 nitrogen and oxygen atoms in total. The smallest absolute Gasteiger partial charge is 0.279 e. The summed E-state index contributed by atoms with van der Waals surface area (Å²) in [6, 6.07) is 15.6. The van der Waals surface area contributed by atoms with Crippen LogP contribution in [0.3, 0.4) is 0 Å². The number of nitrogens with zero attached hydrogens (tertiary/aromatic N) is 15. The van der Waals surface area contributed by atoms with Crippen molar-refractivity contribution in [2.24, 2.45) is 11.7 Å². The number of hydrogen-bond acceptors (Lipinski definition) is 17. The van der Waals surface area contributed by atoms with Crippen molar-refractivity contribution >= 4 is 27.8 Å². The van der Waals surface area contributed by atoms with Gasteiger partial charge < -0.3 is 19.3 Å². The topological polar surface area (TPSA) is 225 Å². The molecule has 0 unspecified atom stereocenters. The summed E-state index contributed by atoms with van der Waals surface area (Å²) in [5, 5.41) is 39.2. The van der Waals surface area contributed by atoms with E-state index in [-0.39, 0.29) is 0 Å². The summed E-state index contributed by atoms with van der Waals surface area (Å²) in [7, 11) is 11.4. The third-order valence-corrected chi connectivity index (χ3v) is 7.41. The largest absolute Gasteiger partial charge is 0.497 e. The van der Waals surface area contributed by atoms with Gasteiger partial charge in [0.15, 0.2) is 0 Å². The molecule has 5 rings (SSSR count). The number of benzene rings is 2. The Morgan fingerprint density at radius 2 is 1.18 bits per heavy atom. The quantitative estimate of drug-likeness (QED) is 0.0929. The minimum Gasteiger partial charge on any atom is -0.497 e. The van der Waals surface area contributed by atoms with E-state index in [4.69, 9.17) is 21.2 Å². The fraction of sp³-hybridized carbons (Fsp3) is 0.483. The van der Waals surface area contributed by atoms with Crippen LogP contribution in [0, 0.1) is 0 Å². The van der Waals surface area contributed by atoms with Crippen LogP contribution >= 0.6 is 15.9 Å². The number of hydrazine groups is 2. The lowest BCUT2D eigenvalue weighted by Crippen LogP contribution is -2.36. The van der Waals surface area contributed by atoms with Gasteiger partial charge in [0.05, 0.1) is 27.3 Å². The first-order valence-electron chi connectivity index (χ1n) is 15.6. The molecule has 0 saturated heterocycles. The third-order valence-electron chi connectivity index (χ3n) is 6.84. The number of methoxy groups -OCH3 is 2. The molecule has 0 radical (unpaired) electrons. The van der Waals surface area contributed by atoms with Gasteiger partial charge in [0.25, 0.3) is 11.9 Å². The molecule has 3 heterocycles. The van der Waals surface area contributed by atoms with Crippen LogP contribution in [0.25, 0.3) is 0 Å². The highest BCUT2D eigenvalue weighted by molar-refractivity contribution is 9.10. The minimum absolute atomic E-state index is 0.429. The van der Waals surface area contributed by atoms with E-state index in [1.54, 1.807) is 28.6 Å². The zero-order valence-corrected chi connectivity index (χ0v) is 30.9. The van der Waals surface area contributed by atoms with Crippen LogP contribution in [0.2, 0.25) is 0 Å². The Hall–Kier alpha value is -4.83. The SMILES string of the molecule is CN(C)CCCN(N)c1nn[nH]n1.COc1ccc(Cn2nnnc2Br)cc1.COc1ccc(Cn2nnnc2N(N)CCCN(C)C)cc1. The number of anilines is 2. The standard InChI is InChI=1S/C14H23N7O.C9H9BrN4O.C6H15N7/c1-19(2)9-4-10-20(15)14-16-17-18-21(14)11-12-5-7-13(22-3)8-6-12;1-15-8-4-2-7(3-5-8)6-14-9(10)11-12-13-14;1-12(2)4-3-5-13(7)6-8-10-11-9-6/h5-8H,4,9-11,15H2,1-3H3;2-5H,6H2,1H3;3-5,7H2,1-2H3,(H,8,9,10,11). The molecule has 3 aromatic heterocycles. The van der Waals surface area contributed by atoms with Gasteiger partial charge in [-0.1, -0.05) is 34.5 Å². The summed E-state index contributed by atoms with van der Waals surface area (Å²) < 4.78 is 14.2. The molecule has 0 saturated carbocycles. The Balaban J connectivity index is 0.000000212. The van der Waals surface area contributed by atoms with Crippen molar-refractivity contribution in [3.8, 4) is 11.5 Å². The third kappa shape index (κ3) is 14.0. The number of hydrogen-bond donors (Lipinski definition) is 3. The molecule has 2 aromatic carbocycles. The first-order valence-corrected chi connectivity index (χ1v) is 16.4. The summed E-state index contributed by atoms with van der Waals surface area (Å²) in [4.78, 5) is 4.22. The Bertz CT molecular complexity index is 1600. The van der Waals surface area contributed by atoms with E-state index < -0.39 is 0 Å². The van der Waals surface area contributed by atoms with Gasteiger partial charge in [0.2, 0.25) is 4.73 Å². The second-order valence-electron chi connectivity index (χ2n) is 11.4. The van der Waals surface area contributed by atoms with Crippen molar-refractivity contribution in [3.05, 3.63) is 64.4 Å². The fourth-order valence-corrected chi connectivity index (χ4v) is 4.47. The highest BCUT2D eigenvalue weighted by atomic mass is 79.9. The summed E-state index contributed by atoms with van der Waals surface area (Å²) in [5.41, 5.74) is 2.19. The van der Waals surface area contributed by atoms with E-state index in [0.717, 1.165) is 55.1 Å². The predicted octanol–water partition coefficient (Wildman–Crippen LogP) is 0.686. The molecule has 0 amide bonds. The van der Waals surface area contributed by atoms with Crippen LogP contribution < -0.4 is 31.2 Å². The van der Waals surface area contributed by atoms with Crippen LogP contribution in [0.4, 0.5) is 11.9 Å². The number of nitrogens with one attached hydrogen (secondary N) is 1. The molecule has 50 heavy (non-hydrogen) atoms. The molecule has 0 atom stereocenters. The molecule has 5 aromatic rings. The Kier molecular flexibility index (Phi) is 16.9. The van der Waals surface area contributed by atoms with E-state index in [1.165, 1.54) is 5.01 Å². The van der Waals surface area contributed by atoms with Crippen molar-refractivity contribution < 1.29 is 9.47 Å². The summed E-state index contributed by atoms with van der Waals surface area (Å²) >= 11 is 3.25. The predicted molar refractivity (Wildman–Crippen MR) is 191 cm³/mol.